The molecular formula is C18H17F3N6O2. The Hall–Kier alpha value is -3.37. The SMILES string of the molecule is Cn1cc(-c2nnc([C@]3(C)CCNC3=O)o2)c(Nc2ccc(C(F)(F)F)cc2)n1. The number of halogens is 3. The number of benzene rings is 1. The number of nitrogens with one attached hydrogen (secondary N) is 2. The van der Waals surface area contributed by atoms with E-state index in [4.69, 9.17) is 4.42 Å². The summed E-state index contributed by atoms with van der Waals surface area (Å²) in [7, 11) is 1.68. The van der Waals surface area contributed by atoms with Gasteiger partial charge in [-0.05, 0) is 37.6 Å². The molecule has 1 amide bonds. The lowest BCUT2D eigenvalue weighted by molar-refractivity contribution is -0.137. The molecule has 0 saturated carbocycles. The van der Waals surface area contributed by atoms with Gasteiger partial charge < -0.3 is 15.1 Å². The van der Waals surface area contributed by atoms with Crippen LogP contribution in [0.4, 0.5) is 24.7 Å². The van der Waals surface area contributed by atoms with Crippen LogP contribution in [0, 0.1) is 0 Å². The van der Waals surface area contributed by atoms with Crippen LogP contribution in [-0.2, 0) is 23.4 Å². The molecule has 3 aromatic rings. The molecule has 29 heavy (non-hydrogen) atoms. The number of carbonyl (C=O) groups excluding carboxylic acids is 1. The fourth-order valence-corrected chi connectivity index (χ4v) is 3.11. The molecule has 152 valence electrons. The summed E-state index contributed by atoms with van der Waals surface area (Å²) < 4.78 is 45.5. The zero-order valence-electron chi connectivity index (χ0n) is 15.5. The van der Waals surface area contributed by atoms with Crippen molar-refractivity contribution in [1.29, 1.82) is 0 Å². The van der Waals surface area contributed by atoms with Gasteiger partial charge in [-0.25, -0.2) is 0 Å². The Labute approximate surface area is 163 Å². The van der Waals surface area contributed by atoms with E-state index in [0.717, 1.165) is 12.1 Å². The molecular weight excluding hydrogens is 389 g/mol. The number of hydrogen-bond acceptors (Lipinski definition) is 6. The van der Waals surface area contributed by atoms with Gasteiger partial charge in [-0.15, -0.1) is 10.2 Å². The molecule has 2 aromatic heterocycles. The van der Waals surface area contributed by atoms with Gasteiger partial charge in [-0.1, -0.05) is 0 Å². The standard InChI is InChI=1S/C18H17F3N6O2/c1-17(7-8-22-15(17)28)16-25-24-14(29-16)12-9-27(2)26-13(12)23-11-5-3-10(4-6-11)18(19,20)21/h3-6,9H,7-8H2,1-2H3,(H,22,28)(H,23,26)/t17-/m1/s1. The number of rotatable bonds is 4. The molecule has 0 radical (unpaired) electrons. The highest BCUT2D eigenvalue weighted by Crippen LogP contribution is 2.35. The van der Waals surface area contributed by atoms with Crippen LogP contribution in [0.2, 0.25) is 0 Å². The third-order valence-corrected chi connectivity index (χ3v) is 4.84. The van der Waals surface area contributed by atoms with Crippen molar-refractivity contribution in [2.75, 3.05) is 11.9 Å². The Balaban J connectivity index is 1.62. The Bertz CT molecular complexity index is 1060. The maximum Gasteiger partial charge on any atom is 0.416 e. The van der Waals surface area contributed by atoms with Gasteiger partial charge in [0.05, 0.1) is 5.56 Å². The zero-order valence-corrected chi connectivity index (χ0v) is 15.5. The monoisotopic (exact) mass is 406 g/mol. The van der Waals surface area contributed by atoms with Crippen molar-refractivity contribution in [3.8, 4) is 11.5 Å². The van der Waals surface area contributed by atoms with E-state index in [9.17, 15) is 18.0 Å². The normalized spacial score (nSPS) is 19.4. The predicted octanol–water partition coefficient (Wildman–Crippen LogP) is 3.01. The van der Waals surface area contributed by atoms with Gasteiger partial charge in [-0.2, -0.15) is 18.3 Å². The smallest absolute Gasteiger partial charge is 0.416 e. The molecule has 8 nitrogen and oxygen atoms in total. The zero-order chi connectivity index (χ0) is 20.8. The van der Waals surface area contributed by atoms with Crippen LogP contribution in [0.1, 0.15) is 24.8 Å². The van der Waals surface area contributed by atoms with E-state index in [0.29, 0.717) is 30.0 Å². The average Bonchev–Trinajstić information content (AvgIpc) is 3.35. The first-order valence-electron chi connectivity index (χ1n) is 8.77. The van der Waals surface area contributed by atoms with Crippen molar-refractivity contribution in [1.82, 2.24) is 25.3 Å². The first-order chi connectivity index (χ1) is 13.7. The molecule has 0 spiro atoms. The fourth-order valence-electron chi connectivity index (χ4n) is 3.11. The molecule has 1 atom stereocenters. The molecule has 1 saturated heterocycles. The lowest BCUT2D eigenvalue weighted by Crippen LogP contribution is -2.32. The van der Waals surface area contributed by atoms with Gasteiger partial charge in [0, 0.05) is 25.5 Å². The summed E-state index contributed by atoms with van der Waals surface area (Å²) in [5.74, 6) is 0.515. The summed E-state index contributed by atoms with van der Waals surface area (Å²) in [6.45, 7) is 2.26. The van der Waals surface area contributed by atoms with Crippen LogP contribution < -0.4 is 10.6 Å². The van der Waals surface area contributed by atoms with Crippen LogP contribution in [0.3, 0.4) is 0 Å². The number of aryl methyl sites for hydroxylation is 1. The van der Waals surface area contributed by atoms with Crippen LogP contribution in [0.25, 0.3) is 11.5 Å². The van der Waals surface area contributed by atoms with E-state index in [1.165, 1.54) is 16.8 Å². The fraction of sp³-hybridized carbons (Fsp3) is 0.333. The molecule has 1 aliphatic rings. The maximum absolute atomic E-state index is 12.7. The highest BCUT2D eigenvalue weighted by Gasteiger charge is 2.44. The Morgan fingerprint density at radius 1 is 1.24 bits per heavy atom. The highest BCUT2D eigenvalue weighted by atomic mass is 19.4. The minimum Gasteiger partial charge on any atom is -0.419 e. The quantitative estimate of drug-likeness (QED) is 0.691. The molecule has 1 aliphatic heterocycles. The van der Waals surface area contributed by atoms with Gasteiger partial charge in [0.15, 0.2) is 5.82 Å². The second-order valence-electron chi connectivity index (χ2n) is 7.02. The van der Waals surface area contributed by atoms with Crippen LogP contribution in [0.15, 0.2) is 34.9 Å². The molecule has 1 fully saturated rings. The number of alkyl halides is 3. The van der Waals surface area contributed by atoms with Gasteiger partial charge in [0.1, 0.15) is 11.0 Å². The minimum atomic E-state index is -4.41. The highest BCUT2D eigenvalue weighted by molar-refractivity contribution is 5.88. The topological polar surface area (TPSA) is 97.9 Å². The Morgan fingerprint density at radius 2 is 1.97 bits per heavy atom. The van der Waals surface area contributed by atoms with Crippen LogP contribution >= 0.6 is 0 Å². The van der Waals surface area contributed by atoms with Crippen molar-refractivity contribution < 1.29 is 22.4 Å². The predicted molar refractivity (Wildman–Crippen MR) is 96.2 cm³/mol. The van der Waals surface area contributed by atoms with E-state index in [1.807, 2.05) is 0 Å². The molecule has 3 heterocycles. The summed E-state index contributed by atoms with van der Waals surface area (Å²) in [4.78, 5) is 12.1. The van der Waals surface area contributed by atoms with Crippen molar-refractivity contribution in [2.24, 2.45) is 7.05 Å². The minimum absolute atomic E-state index is 0.156. The van der Waals surface area contributed by atoms with Crippen molar-refractivity contribution in [2.45, 2.75) is 24.9 Å². The molecule has 11 heteroatoms. The van der Waals surface area contributed by atoms with Crippen LogP contribution in [-0.4, -0.2) is 32.4 Å². The van der Waals surface area contributed by atoms with Crippen molar-refractivity contribution in [3.63, 3.8) is 0 Å². The average molecular weight is 406 g/mol. The Kier molecular flexibility index (Phi) is 4.32. The first-order valence-corrected chi connectivity index (χ1v) is 8.77. The van der Waals surface area contributed by atoms with Gasteiger partial charge >= 0.3 is 6.18 Å². The summed E-state index contributed by atoms with van der Waals surface area (Å²) >= 11 is 0. The Morgan fingerprint density at radius 3 is 2.59 bits per heavy atom. The van der Waals surface area contributed by atoms with E-state index in [-0.39, 0.29) is 17.7 Å². The third-order valence-electron chi connectivity index (χ3n) is 4.84. The second-order valence-corrected chi connectivity index (χ2v) is 7.02. The van der Waals surface area contributed by atoms with E-state index >= 15 is 0 Å². The summed E-state index contributed by atoms with van der Waals surface area (Å²) in [5.41, 5.74) is -0.754. The molecule has 0 aliphatic carbocycles. The number of amides is 1. The molecule has 0 bridgehead atoms. The number of hydrogen-bond donors (Lipinski definition) is 2. The van der Waals surface area contributed by atoms with Gasteiger partial charge in [0.2, 0.25) is 11.8 Å². The van der Waals surface area contributed by atoms with Gasteiger partial charge in [0.25, 0.3) is 5.89 Å². The lowest BCUT2D eigenvalue weighted by atomic mass is 9.89. The first kappa shape index (κ1) is 19.0. The lowest BCUT2D eigenvalue weighted by Gasteiger charge is -2.14. The van der Waals surface area contributed by atoms with Crippen LogP contribution in [0.5, 0.6) is 0 Å². The van der Waals surface area contributed by atoms with Crippen molar-refractivity contribution in [3.05, 3.63) is 41.9 Å². The summed E-state index contributed by atoms with van der Waals surface area (Å²) in [6.07, 6.45) is -2.23. The van der Waals surface area contributed by atoms with E-state index < -0.39 is 17.2 Å². The molecule has 2 N–H and O–H groups in total. The number of anilines is 2. The third kappa shape index (κ3) is 3.43. The van der Waals surface area contributed by atoms with E-state index in [1.54, 1.807) is 20.2 Å². The largest absolute Gasteiger partial charge is 0.419 e. The molecule has 4 rings (SSSR count). The van der Waals surface area contributed by atoms with E-state index in [2.05, 4.69) is 25.9 Å². The number of aromatic nitrogens is 4. The summed E-state index contributed by atoms with van der Waals surface area (Å²) in [6, 6.07) is 4.58. The molecule has 1 aromatic carbocycles. The van der Waals surface area contributed by atoms with Gasteiger partial charge in [-0.3, -0.25) is 9.48 Å². The second kappa shape index (κ2) is 6.61. The molecule has 0 unspecified atom stereocenters. The van der Waals surface area contributed by atoms with Crippen molar-refractivity contribution >= 4 is 17.4 Å². The number of nitrogens with zero attached hydrogens (tertiary/aromatic N) is 4. The maximum atomic E-state index is 12.7. The summed E-state index contributed by atoms with van der Waals surface area (Å²) in [5, 5.41) is 18.0. The number of carbonyl (C=O) groups is 1.